The predicted molar refractivity (Wildman–Crippen MR) is 68.3 cm³/mol. The first-order valence-corrected chi connectivity index (χ1v) is 6.18. The Morgan fingerprint density at radius 2 is 2.44 bits per heavy atom. The third-order valence-corrected chi connectivity index (χ3v) is 3.25. The normalized spacial score (nSPS) is 20.7. The van der Waals surface area contributed by atoms with Crippen LogP contribution in [0.4, 0.5) is 0 Å². The van der Waals surface area contributed by atoms with Crippen molar-refractivity contribution in [3.63, 3.8) is 0 Å². The SMILES string of the molecule is COC(=O)c1ccc(CN2CCNC[C@H]2C)nc1. The highest BCUT2D eigenvalue weighted by molar-refractivity contribution is 5.88. The molecule has 0 aromatic carbocycles. The molecule has 0 bridgehead atoms. The van der Waals surface area contributed by atoms with Crippen molar-refractivity contribution in [2.75, 3.05) is 26.7 Å². The summed E-state index contributed by atoms with van der Waals surface area (Å²) in [6.45, 7) is 6.09. The second kappa shape index (κ2) is 5.93. The highest BCUT2D eigenvalue weighted by Gasteiger charge is 2.18. The number of hydrogen-bond donors (Lipinski definition) is 1. The summed E-state index contributed by atoms with van der Waals surface area (Å²) in [7, 11) is 1.37. The van der Waals surface area contributed by atoms with Crippen LogP contribution in [0.2, 0.25) is 0 Å². The maximum atomic E-state index is 11.3. The van der Waals surface area contributed by atoms with E-state index < -0.39 is 0 Å². The first-order valence-electron chi connectivity index (χ1n) is 6.18. The van der Waals surface area contributed by atoms with E-state index in [9.17, 15) is 4.79 Å². The summed E-state index contributed by atoms with van der Waals surface area (Å²) in [5.41, 5.74) is 1.48. The number of piperazine rings is 1. The Kier molecular flexibility index (Phi) is 4.28. The second-order valence-electron chi connectivity index (χ2n) is 4.55. The average molecular weight is 249 g/mol. The van der Waals surface area contributed by atoms with Crippen molar-refractivity contribution in [2.24, 2.45) is 0 Å². The Morgan fingerprint density at radius 3 is 3.06 bits per heavy atom. The summed E-state index contributed by atoms with van der Waals surface area (Å²) < 4.78 is 4.65. The molecule has 1 aromatic heterocycles. The van der Waals surface area contributed by atoms with Gasteiger partial charge in [0.25, 0.3) is 0 Å². The van der Waals surface area contributed by atoms with Crippen molar-refractivity contribution < 1.29 is 9.53 Å². The van der Waals surface area contributed by atoms with Crippen molar-refractivity contribution in [2.45, 2.75) is 19.5 Å². The number of methoxy groups -OCH3 is 1. The van der Waals surface area contributed by atoms with Crippen LogP contribution in [0.15, 0.2) is 18.3 Å². The summed E-state index contributed by atoms with van der Waals surface area (Å²) in [5, 5.41) is 3.36. The van der Waals surface area contributed by atoms with Gasteiger partial charge < -0.3 is 10.1 Å². The molecule has 1 fully saturated rings. The summed E-state index contributed by atoms with van der Waals surface area (Å²) in [6.07, 6.45) is 1.58. The number of ether oxygens (including phenoxy) is 1. The molecule has 1 atom stereocenters. The van der Waals surface area contributed by atoms with E-state index in [2.05, 4.69) is 26.9 Å². The molecule has 0 radical (unpaired) electrons. The zero-order chi connectivity index (χ0) is 13.0. The third kappa shape index (κ3) is 3.05. The van der Waals surface area contributed by atoms with E-state index in [-0.39, 0.29) is 5.97 Å². The van der Waals surface area contributed by atoms with Gasteiger partial charge in [-0.2, -0.15) is 0 Å². The molecule has 0 saturated carbocycles. The Hall–Kier alpha value is -1.46. The lowest BCUT2D eigenvalue weighted by Crippen LogP contribution is -2.49. The van der Waals surface area contributed by atoms with Gasteiger partial charge in [0.05, 0.1) is 18.4 Å². The molecular formula is C13H19N3O2. The molecule has 0 unspecified atom stereocenters. The van der Waals surface area contributed by atoms with E-state index in [4.69, 9.17) is 0 Å². The van der Waals surface area contributed by atoms with E-state index in [0.717, 1.165) is 31.9 Å². The minimum Gasteiger partial charge on any atom is -0.465 e. The Bertz CT molecular complexity index is 405. The van der Waals surface area contributed by atoms with E-state index in [0.29, 0.717) is 11.6 Å². The van der Waals surface area contributed by atoms with Gasteiger partial charge in [0, 0.05) is 38.4 Å². The van der Waals surface area contributed by atoms with Crippen LogP contribution >= 0.6 is 0 Å². The van der Waals surface area contributed by atoms with Crippen molar-refractivity contribution >= 4 is 5.97 Å². The first kappa shape index (κ1) is 13.0. The number of nitrogens with zero attached hydrogens (tertiary/aromatic N) is 2. The van der Waals surface area contributed by atoms with Gasteiger partial charge in [-0.3, -0.25) is 9.88 Å². The molecule has 1 aliphatic heterocycles. The average Bonchev–Trinajstić information content (AvgIpc) is 2.41. The summed E-state index contributed by atoms with van der Waals surface area (Å²) >= 11 is 0. The van der Waals surface area contributed by atoms with E-state index in [1.54, 1.807) is 12.3 Å². The monoisotopic (exact) mass is 249 g/mol. The van der Waals surface area contributed by atoms with Crippen LogP contribution in [0, 0.1) is 0 Å². The number of carbonyl (C=O) groups is 1. The Morgan fingerprint density at radius 1 is 1.61 bits per heavy atom. The number of aromatic nitrogens is 1. The van der Waals surface area contributed by atoms with Gasteiger partial charge in [0.1, 0.15) is 0 Å². The molecular weight excluding hydrogens is 230 g/mol. The maximum Gasteiger partial charge on any atom is 0.339 e. The molecule has 5 heteroatoms. The van der Waals surface area contributed by atoms with E-state index >= 15 is 0 Å². The van der Waals surface area contributed by atoms with Gasteiger partial charge in [-0.05, 0) is 19.1 Å². The fourth-order valence-electron chi connectivity index (χ4n) is 2.08. The van der Waals surface area contributed by atoms with Gasteiger partial charge in [-0.1, -0.05) is 0 Å². The van der Waals surface area contributed by atoms with E-state index in [1.165, 1.54) is 7.11 Å². The third-order valence-electron chi connectivity index (χ3n) is 3.25. The van der Waals surface area contributed by atoms with Crippen LogP contribution in [-0.4, -0.2) is 48.6 Å². The van der Waals surface area contributed by atoms with Crippen LogP contribution in [0.1, 0.15) is 23.0 Å². The minimum absolute atomic E-state index is 0.343. The smallest absolute Gasteiger partial charge is 0.339 e. The molecule has 5 nitrogen and oxygen atoms in total. The molecule has 1 aromatic rings. The summed E-state index contributed by atoms with van der Waals surface area (Å²) in [5.74, 6) is -0.343. The Balaban J connectivity index is 1.99. The molecule has 0 aliphatic carbocycles. The first-order chi connectivity index (χ1) is 8.70. The molecule has 2 heterocycles. The largest absolute Gasteiger partial charge is 0.465 e. The number of pyridine rings is 1. The fraction of sp³-hybridized carbons (Fsp3) is 0.538. The fourth-order valence-corrected chi connectivity index (χ4v) is 2.08. The van der Waals surface area contributed by atoms with Crippen LogP contribution in [-0.2, 0) is 11.3 Å². The zero-order valence-electron chi connectivity index (χ0n) is 10.8. The molecule has 0 amide bonds. The topological polar surface area (TPSA) is 54.5 Å². The van der Waals surface area contributed by atoms with Crippen LogP contribution < -0.4 is 5.32 Å². The number of hydrogen-bond acceptors (Lipinski definition) is 5. The minimum atomic E-state index is -0.343. The molecule has 1 N–H and O–H groups in total. The summed E-state index contributed by atoms with van der Waals surface area (Å²) in [6, 6.07) is 4.17. The standard InChI is InChI=1S/C13H19N3O2/c1-10-7-14-5-6-16(10)9-12-4-3-11(8-15-12)13(17)18-2/h3-4,8,10,14H,5-7,9H2,1-2H3/t10-/m1/s1. The molecule has 0 spiro atoms. The second-order valence-corrected chi connectivity index (χ2v) is 4.55. The van der Waals surface area contributed by atoms with Gasteiger partial charge in [0.15, 0.2) is 0 Å². The number of carbonyl (C=O) groups excluding carboxylic acids is 1. The lowest BCUT2D eigenvalue weighted by atomic mass is 10.2. The quantitative estimate of drug-likeness (QED) is 0.798. The summed E-state index contributed by atoms with van der Waals surface area (Å²) in [4.78, 5) is 18.0. The molecule has 18 heavy (non-hydrogen) atoms. The molecule has 2 rings (SSSR count). The number of rotatable bonds is 3. The number of esters is 1. The van der Waals surface area contributed by atoms with Gasteiger partial charge >= 0.3 is 5.97 Å². The zero-order valence-corrected chi connectivity index (χ0v) is 10.8. The Labute approximate surface area is 107 Å². The van der Waals surface area contributed by atoms with Crippen LogP contribution in [0.3, 0.4) is 0 Å². The number of nitrogens with one attached hydrogen (secondary N) is 1. The van der Waals surface area contributed by atoms with Crippen LogP contribution in [0.25, 0.3) is 0 Å². The lowest BCUT2D eigenvalue weighted by molar-refractivity contribution is 0.0600. The molecule has 98 valence electrons. The maximum absolute atomic E-state index is 11.3. The van der Waals surface area contributed by atoms with Crippen LogP contribution in [0.5, 0.6) is 0 Å². The molecule has 1 saturated heterocycles. The highest BCUT2D eigenvalue weighted by Crippen LogP contribution is 2.09. The van der Waals surface area contributed by atoms with Crippen molar-refractivity contribution in [1.82, 2.24) is 15.2 Å². The van der Waals surface area contributed by atoms with Crippen molar-refractivity contribution in [1.29, 1.82) is 0 Å². The molecule has 1 aliphatic rings. The van der Waals surface area contributed by atoms with E-state index in [1.807, 2.05) is 6.07 Å². The van der Waals surface area contributed by atoms with Crippen molar-refractivity contribution in [3.05, 3.63) is 29.6 Å². The van der Waals surface area contributed by atoms with Gasteiger partial charge in [0.2, 0.25) is 0 Å². The van der Waals surface area contributed by atoms with Gasteiger partial charge in [-0.15, -0.1) is 0 Å². The van der Waals surface area contributed by atoms with Gasteiger partial charge in [-0.25, -0.2) is 4.79 Å². The van der Waals surface area contributed by atoms with Crippen molar-refractivity contribution in [3.8, 4) is 0 Å². The lowest BCUT2D eigenvalue weighted by Gasteiger charge is -2.33. The highest BCUT2D eigenvalue weighted by atomic mass is 16.5. The predicted octanol–water partition coefficient (Wildman–Crippen LogP) is 0.662.